The van der Waals surface area contributed by atoms with Crippen LogP contribution < -0.4 is 11.0 Å². The molecule has 2 atom stereocenters. The Morgan fingerprint density at radius 1 is 0.857 bits per heavy atom. The molecule has 0 aliphatic carbocycles. The van der Waals surface area contributed by atoms with Gasteiger partial charge in [-0.3, -0.25) is 4.57 Å². The summed E-state index contributed by atoms with van der Waals surface area (Å²) >= 11 is 0. The fourth-order valence-electron chi connectivity index (χ4n) is 5.81. The van der Waals surface area contributed by atoms with Crippen LogP contribution in [0.4, 0.5) is 10.5 Å². The molecule has 1 saturated heterocycles. The standard InChI is InChI=1S/C28H22N4O3/c33-26-25-24-15-19(16-30(24)27(34)29-22-13-5-9-17-7-1-3-11-20(17)22)31(25)28(35)32(26)23-14-6-10-18-8-2-4-12-21(18)23/h1-14,19,24,33H,15-16H2,(H,29,34)/t19-,24-/m0/s1. The summed E-state index contributed by atoms with van der Waals surface area (Å²) in [7, 11) is 0. The first-order chi connectivity index (χ1) is 17.1. The van der Waals surface area contributed by atoms with Gasteiger partial charge in [0, 0.05) is 17.3 Å². The fourth-order valence-corrected chi connectivity index (χ4v) is 5.81. The molecule has 7 nitrogen and oxygen atoms in total. The first-order valence-corrected chi connectivity index (χ1v) is 11.7. The van der Waals surface area contributed by atoms with Crippen LogP contribution in [0.1, 0.15) is 24.2 Å². The van der Waals surface area contributed by atoms with E-state index < -0.39 is 0 Å². The molecule has 3 heterocycles. The second-order valence-corrected chi connectivity index (χ2v) is 9.21. The number of hydrogen-bond donors (Lipinski definition) is 2. The lowest BCUT2D eigenvalue weighted by Gasteiger charge is -2.28. The highest BCUT2D eigenvalue weighted by Crippen LogP contribution is 2.49. The monoisotopic (exact) mass is 462 g/mol. The number of aromatic nitrogens is 2. The second-order valence-electron chi connectivity index (χ2n) is 9.21. The first-order valence-electron chi connectivity index (χ1n) is 11.7. The van der Waals surface area contributed by atoms with Crippen LogP contribution in [0.5, 0.6) is 5.88 Å². The smallest absolute Gasteiger partial charge is 0.336 e. The zero-order chi connectivity index (χ0) is 23.7. The maximum absolute atomic E-state index is 13.5. The van der Waals surface area contributed by atoms with Gasteiger partial charge in [0.05, 0.1) is 23.5 Å². The number of rotatable bonds is 2. The van der Waals surface area contributed by atoms with Gasteiger partial charge in [0.25, 0.3) is 0 Å². The molecule has 0 unspecified atom stereocenters. The number of aromatic hydroxyl groups is 1. The number of hydrogen-bond acceptors (Lipinski definition) is 3. The van der Waals surface area contributed by atoms with Crippen LogP contribution in [0.3, 0.4) is 0 Å². The quantitative estimate of drug-likeness (QED) is 0.379. The van der Waals surface area contributed by atoms with Crippen molar-refractivity contribution in [1.29, 1.82) is 0 Å². The summed E-state index contributed by atoms with van der Waals surface area (Å²) < 4.78 is 3.05. The summed E-state index contributed by atoms with van der Waals surface area (Å²) in [6, 6.07) is 26.4. The van der Waals surface area contributed by atoms with Crippen LogP contribution in [0.25, 0.3) is 27.2 Å². The van der Waals surface area contributed by atoms with Crippen molar-refractivity contribution in [2.75, 3.05) is 11.9 Å². The number of anilines is 1. The lowest BCUT2D eigenvalue weighted by molar-refractivity contribution is 0.198. The topological polar surface area (TPSA) is 79.5 Å². The predicted octanol–water partition coefficient (Wildman–Crippen LogP) is 5.18. The molecule has 5 aromatic rings. The van der Waals surface area contributed by atoms with E-state index in [1.807, 2.05) is 84.9 Å². The van der Waals surface area contributed by atoms with Gasteiger partial charge in [0.15, 0.2) is 0 Å². The summed E-state index contributed by atoms with van der Waals surface area (Å²) in [6.45, 7) is 0.424. The number of amides is 2. The Balaban J connectivity index is 1.27. The Hall–Kier alpha value is -4.52. The predicted molar refractivity (Wildman–Crippen MR) is 135 cm³/mol. The van der Waals surface area contributed by atoms with Crippen LogP contribution in [-0.2, 0) is 0 Å². The zero-order valence-corrected chi connectivity index (χ0v) is 18.8. The molecule has 2 aliphatic heterocycles. The Morgan fingerprint density at radius 3 is 2.31 bits per heavy atom. The average molecular weight is 463 g/mol. The summed E-state index contributed by atoms with van der Waals surface area (Å²) in [5, 5.41) is 18.2. The molecule has 2 aliphatic rings. The van der Waals surface area contributed by atoms with E-state index in [9.17, 15) is 14.7 Å². The van der Waals surface area contributed by atoms with Gasteiger partial charge in [-0.2, -0.15) is 0 Å². The number of carbonyl (C=O) groups excluding carboxylic acids is 1. The molecular weight excluding hydrogens is 440 g/mol. The molecule has 4 aromatic carbocycles. The van der Waals surface area contributed by atoms with Gasteiger partial charge in [-0.25, -0.2) is 14.2 Å². The maximum Gasteiger partial charge on any atom is 0.336 e. The molecule has 172 valence electrons. The Morgan fingerprint density at radius 2 is 1.51 bits per heavy atom. The molecular formula is C28H22N4O3. The molecule has 2 bridgehead atoms. The maximum atomic E-state index is 13.5. The van der Waals surface area contributed by atoms with Crippen molar-refractivity contribution in [3.63, 3.8) is 0 Å². The highest BCUT2D eigenvalue weighted by atomic mass is 16.3. The minimum absolute atomic E-state index is 0.0958. The van der Waals surface area contributed by atoms with Crippen molar-refractivity contribution in [3.8, 4) is 11.6 Å². The number of nitrogens with one attached hydrogen (secondary N) is 1. The largest absolute Gasteiger partial charge is 0.493 e. The van der Waals surface area contributed by atoms with E-state index in [-0.39, 0.29) is 29.7 Å². The third-order valence-electron chi connectivity index (χ3n) is 7.36. The molecule has 7 rings (SSSR count). The summed E-state index contributed by atoms with van der Waals surface area (Å²) in [6.07, 6.45) is 0.622. The van der Waals surface area contributed by atoms with E-state index in [4.69, 9.17) is 0 Å². The van der Waals surface area contributed by atoms with Crippen molar-refractivity contribution >= 4 is 33.3 Å². The van der Waals surface area contributed by atoms with Gasteiger partial charge >= 0.3 is 11.7 Å². The van der Waals surface area contributed by atoms with E-state index in [1.165, 1.54) is 4.57 Å². The first kappa shape index (κ1) is 19.9. The Labute approximate surface area is 200 Å². The molecule has 0 saturated carbocycles. The van der Waals surface area contributed by atoms with E-state index in [0.717, 1.165) is 27.2 Å². The lowest BCUT2D eigenvalue weighted by Crippen LogP contribution is -2.40. The van der Waals surface area contributed by atoms with Crippen molar-refractivity contribution < 1.29 is 9.90 Å². The summed E-state index contributed by atoms with van der Waals surface area (Å²) in [4.78, 5) is 28.6. The van der Waals surface area contributed by atoms with E-state index >= 15 is 0 Å². The highest BCUT2D eigenvalue weighted by Gasteiger charge is 2.49. The van der Waals surface area contributed by atoms with Crippen LogP contribution in [0, 0.1) is 0 Å². The summed E-state index contributed by atoms with van der Waals surface area (Å²) in [5.74, 6) is -0.0958. The Kier molecular flexibility index (Phi) is 4.12. The molecule has 1 fully saturated rings. The normalized spacial score (nSPS) is 18.3. The molecule has 0 spiro atoms. The van der Waals surface area contributed by atoms with Gasteiger partial charge in [0.2, 0.25) is 5.88 Å². The minimum atomic E-state index is -0.362. The van der Waals surface area contributed by atoms with Crippen molar-refractivity contribution in [2.45, 2.75) is 18.5 Å². The Bertz CT molecular complexity index is 1710. The van der Waals surface area contributed by atoms with Crippen molar-refractivity contribution in [1.82, 2.24) is 14.0 Å². The molecule has 0 radical (unpaired) electrons. The van der Waals surface area contributed by atoms with Crippen LogP contribution >= 0.6 is 0 Å². The third-order valence-corrected chi connectivity index (χ3v) is 7.36. The number of nitrogens with zero attached hydrogens (tertiary/aromatic N) is 3. The molecule has 7 heteroatoms. The molecule has 2 amide bonds. The van der Waals surface area contributed by atoms with Crippen molar-refractivity contribution in [3.05, 3.63) is 101 Å². The van der Waals surface area contributed by atoms with Crippen molar-refractivity contribution in [2.24, 2.45) is 0 Å². The minimum Gasteiger partial charge on any atom is -0.493 e. The number of likely N-dealkylation sites (tertiary alicyclic amines) is 1. The second kappa shape index (κ2) is 7.24. The lowest BCUT2D eigenvalue weighted by atomic mass is 10.1. The summed E-state index contributed by atoms with van der Waals surface area (Å²) in [5.41, 5.74) is 1.62. The number of urea groups is 1. The van der Waals surface area contributed by atoms with E-state index in [0.29, 0.717) is 24.3 Å². The number of benzene rings is 4. The van der Waals surface area contributed by atoms with Gasteiger partial charge in [-0.05, 0) is 29.3 Å². The number of imidazole rings is 1. The van der Waals surface area contributed by atoms with Crippen LogP contribution in [0.15, 0.2) is 89.7 Å². The molecule has 1 aromatic heterocycles. The van der Waals surface area contributed by atoms with Gasteiger partial charge in [-0.1, -0.05) is 72.8 Å². The molecule has 35 heavy (non-hydrogen) atoms. The SMILES string of the molecule is O=C(Nc1cccc2ccccc12)N1C[C@@H]2C[C@H]1c1c(O)n(-c3cccc4ccccc34)c(=O)n12. The van der Waals surface area contributed by atoms with Gasteiger partial charge in [0.1, 0.15) is 5.69 Å². The van der Waals surface area contributed by atoms with Gasteiger partial charge in [-0.15, -0.1) is 0 Å². The number of fused-ring (bicyclic) bond motifs is 7. The molecule has 2 N–H and O–H groups in total. The van der Waals surface area contributed by atoms with Gasteiger partial charge < -0.3 is 15.3 Å². The zero-order valence-electron chi connectivity index (χ0n) is 18.8. The van der Waals surface area contributed by atoms with E-state index in [2.05, 4.69) is 5.32 Å². The van der Waals surface area contributed by atoms with Crippen LogP contribution in [-0.4, -0.2) is 31.7 Å². The van der Waals surface area contributed by atoms with E-state index in [1.54, 1.807) is 9.47 Å². The average Bonchev–Trinajstić information content (AvgIpc) is 3.55. The fraction of sp³-hybridized carbons (Fsp3) is 0.143. The third kappa shape index (κ3) is 2.78. The highest BCUT2D eigenvalue weighted by molar-refractivity contribution is 6.01. The number of carbonyl (C=O) groups is 1. The van der Waals surface area contributed by atoms with Crippen LogP contribution in [0.2, 0.25) is 0 Å².